The molecule has 0 spiro atoms. The van der Waals surface area contributed by atoms with Gasteiger partial charge in [0.05, 0.1) is 0 Å². The largest absolute Gasteiger partial charge is 0.329 e. The summed E-state index contributed by atoms with van der Waals surface area (Å²) >= 11 is 1.91. The first-order chi connectivity index (χ1) is 6.24. The fraction of sp³-hybridized carbons (Fsp3) is 1.00. The summed E-state index contributed by atoms with van der Waals surface area (Å²) in [4.78, 5) is 0. The third-order valence-corrected chi connectivity index (χ3v) is 3.02. The van der Waals surface area contributed by atoms with Gasteiger partial charge in [-0.25, -0.2) is 0 Å². The van der Waals surface area contributed by atoms with Gasteiger partial charge in [0.25, 0.3) is 0 Å². The maximum absolute atomic E-state index is 5.69. The number of hydrogen-bond acceptors (Lipinski definition) is 3. The van der Waals surface area contributed by atoms with Gasteiger partial charge in [-0.1, -0.05) is 6.92 Å². The Morgan fingerprint density at radius 1 is 1.46 bits per heavy atom. The predicted molar refractivity (Wildman–Crippen MR) is 63.3 cm³/mol. The van der Waals surface area contributed by atoms with Crippen LogP contribution in [-0.4, -0.2) is 30.6 Å². The molecule has 0 aliphatic heterocycles. The van der Waals surface area contributed by atoms with Crippen LogP contribution in [0.15, 0.2) is 0 Å². The van der Waals surface area contributed by atoms with Crippen molar-refractivity contribution in [2.45, 2.75) is 45.2 Å². The minimum absolute atomic E-state index is 0.516. The highest BCUT2D eigenvalue weighted by atomic mass is 32.2. The zero-order valence-corrected chi connectivity index (χ0v) is 9.99. The van der Waals surface area contributed by atoms with Crippen LogP contribution in [-0.2, 0) is 0 Å². The lowest BCUT2D eigenvalue weighted by atomic mass is 10.1. The third-order valence-electron chi connectivity index (χ3n) is 2.32. The summed E-state index contributed by atoms with van der Waals surface area (Å²) in [5.74, 6) is 1.25. The molecule has 0 amide bonds. The molecule has 0 heterocycles. The van der Waals surface area contributed by atoms with Gasteiger partial charge in [-0.3, -0.25) is 0 Å². The molecule has 0 fully saturated rings. The standard InChI is InChI=1S/C10H24N2S/c1-4-9(2)12-10(8-11)6-5-7-13-3/h9-10,12H,4-8,11H2,1-3H3. The van der Waals surface area contributed by atoms with Crippen molar-refractivity contribution in [1.82, 2.24) is 5.32 Å². The summed E-state index contributed by atoms with van der Waals surface area (Å²) in [7, 11) is 0. The molecule has 0 aliphatic carbocycles. The van der Waals surface area contributed by atoms with Crippen molar-refractivity contribution < 1.29 is 0 Å². The van der Waals surface area contributed by atoms with Gasteiger partial charge in [-0.15, -0.1) is 0 Å². The number of hydrogen-bond donors (Lipinski definition) is 2. The fourth-order valence-electron chi connectivity index (χ4n) is 1.26. The summed E-state index contributed by atoms with van der Waals surface area (Å²) in [6.45, 7) is 5.18. The zero-order chi connectivity index (χ0) is 10.1. The molecule has 0 radical (unpaired) electrons. The van der Waals surface area contributed by atoms with E-state index in [0.29, 0.717) is 12.1 Å². The van der Waals surface area contributed by atoms with E-state index in [1.807, 2.05) is 11.8 Å². The highest BCUT2D eigenvalue weighted by Gasteiger charge is 2.08. The van der Waals surface area contributed by atoms with Gasteiger partial charge in [0.2, 0.25) is 0 Å². The van der Waals surface area contributed by atoms with Crippen molar-refractivity contribution in [3.05, 3.63) is 0 Å². The van der Waals surface area contributed by atoms with Crippen LogP contribution in [0.5, 0.6) is 0 Å². The lowest BCUT2D eigenvalue weighted by molar-refractivity contribution is 0.419. The van der Waals surface area contributed by atoms with Crippen LogP contribution in [0.3, 0.4) is 0 Å². The molecule has 0 aromatic heterocycles. The molecular weight excluding hydrogens is 180 g/mol. The summed E-state index contributed by atoms with van der Waals surface area (Å²) in [5.41, 5.74) is 5.69. The third kappa shape index (κ3) is 7.35. The van der Waals surface area contributed by atoms with E-state index >= 15 is 0 Å². The van der Waals surface area contributed by atoms with E-state index in [2.05, 4.69) is 25.4 Å². The molecule has 0 aromatic carbocycles. The van der Waals surface area contributed by atoms with Gasteiger partial charge in [0.15, 0.2) is 0 Å². The Morgan fingerprint density at radius 3 is 2.62 bits per heavy atom. The average Bonchev–Trinajstić information content (AvgIpc) is 2.16. The highest BCUT2D eigenvalue weighted by Crippen LogP contribution is 2.03. The summed E-state index contributed by atoms with van der Waals surface area (Å²) in [6, 6.07) is 1.12. The Morgan fingerprint density at radius 2 is 2.15 bits per heavy atom. The fourth-order valence-corrected chi connectivity index (χ4v) is 1.72. The van der Waals surface area contributed by atoms with Crippen LogP contribution in [0.2, 0.25) is 0 Å². The van der Waals surface area contributed by atoms with Crippen molar-refractivity contribution in [2.75, 3.05) is 18.6 Å². The lowest BCUT2D eigenvalue weighted by Crippen LogP contribution is -2.41. The molecule has 80 valence electrons. The van der Waals surface area contributed by atoms with Gasteiger partial charge in [-0.05, 0) is 38.2 Å². The van der Waals surface area contributed by atoms with Crippen LogP contribution >= 0.6 is 11.8 Å². The quantitative estimate of drug-likeness (QED) is 0.593. The maximum atomic E-state index is 5.69. The highest BCUT2D eigenvalue weighted by molar-refractivity contribution is 7.98. The molecule has 0 rings (SSSR count). The predicted octanol–water partition coefficient (Wildman–Crippen LogP) is 1.85. The number of rotatable bonds is 8. The van der Waals surface area contributed by atoms with Crippen molar-refractivity contribution in [3.8, 4) is 0 Å². The topological polar surface area (TPSA) is 38.0 Å². The number of nitrogens with one attached hydrogen (secondary N) is 1. The Hall–Kier alpha value is 0.270. The van der Waals surface area contributed by atoms with Crippen molar-refractivity contribution in [1.29, 1.82) is 0 Å². The number of nitrogens with two attached hydrogens (primary N) is 1. The minimum atomic E-state index is 0.516. The van der Waals surface area contributed by atoms with Gasteiger partial charge in [0.1, 0.15) is 0 Å². The van der Waals surface area contributed by atoms with Crippen LogP contribution in [0, 0.1) is 0 Å². The first-order valence-corrected chi connectivity index (χ1v) is 6.59. The Bertz CT molecular complexity index is 109. The molecule has 0 saturated carbocycles. The van der Waals surface area contributed by atoms with E-state index in [1.165, 1.54) is 25.0 Å². The van der Waals surface area contributed by atoms with Gasteiger partial charge < -0.3 is 11.1 Å². The molecule has 2 atom stereocenters. The van der Waals surface area contributed by atoms with E-state index in [9.17, 15) is 0 Å². The number of thioether (sulfide) groups is 1. The lowest BCUT2D eigenvalue weighted by Gasteiger charge is -2.20. The molecule has 0 aromatic rings. The molecule has 2 unspecified atom stereocenters. The van der Waals surface area contributed by atoms with Crippen molar-refractivity contribution in [2.24, 2.45) is 5.73 Å². The molecule has 0 bridgehead atoms. The zero-order valence-electron chi connectivity index (χ0n) is 9.18. The molecule has 0 saturated heterocycles. The van der Waals surface area contributed by atoms with Gasteiger partial charge >= 0.3 is 0 Å². The van der Waals surface area contributed by atoms with Crippen molar-refractivity contribution in [3.63, 3.8) is 0 Å². The van der Waals surface area contributed by atoms with Crippen LogP contribution in [0.25, 0.3) is 0 Å². The van der Waals surface area contributed by atoms with Crippen LogP contribution in [0.1, 0.15) is 33.1 Å². The van der Waals surface area contributed by atoms with Crippen molar-refractivity contribution >= 4 is 11.8 Å². The summed E-state index contributed by atoms with van der Waals surface area (Å²) < 4.78 is 0. The Labute approximate surface area is 87.0 Å². The molecule has 2 nitrogen and oxygen atoms in total. The molecule has 3 N–H and O–H groups in total. The first-order valence-electron chi connectivity index (χ1n) is 5.19. The monoisotopic (exact) mass is 204 g/mol. The van der Waals surface area contributed by atoms with E-state index in [0.717, 1.165) is 6.54 Å². The average molecular weight is 204 g/mol. The van der Waals surface area contributed by atoms with Crippen LogP contribution in [0.4, 0.5) is 0 Å². The van der Waals surface area contributed by atoms with E-state index in [1.54, 1.807) is 0 Å². The second-order valence-corrected chi connectivity index (χ2v) is 4.53. The molecular formula is C10H24N2S. The summed E-state index contributed by atoms with van der Waals surface area (Å²) in [5, 5.41) is 3.54. The van der Waals surface area contributed by atoms with Crippen LogP contribution < -0.4 is 11.1 Å². The second-order valence-electron chi connectivity index (χ2n) is 3.54. The molecule has 3 heteroatoms. The minimum Gasteiger partial charge on any atom is -0.329 e. The Balaban J connectivity index is 3.50. The maximum Gasteiger partial charge on any atom is 0.0193 e. The normalized spacial score (nSPS) is 15.7. The SMILES string of the molecule is CCC(C)NC(CN)CCCSC. The Kier molecular flexibility index (Phi) is 9.03. The van der Waals surface area contributed by atoms with Gasteiger partial charge in [0, 0.05) is 18.6 Å². The van der Waals surface area contributed by atoms with E-state index < -0.39 is 0 Å². The first kappa shape index (κ1) is 13.3. The second kappa shape index (κ2) is 8.85. The van der Waals surface area contributed by atoms with E-state index in [-0.39, 0.29) is 0 Å². The van der Waals surface area contributed by atoms with Gasteiger partial charge in [-0.2, -0.15) is 11.8 Å². The molecule has 13 heavy (non-hydrogen) atoms. The van der Waals surface area contributed by atoms with E-state index in [4.69, 9.17) is 5.73 Å². The smallest absolute Gasteiger partial charge is 0.0193 e. The molecule has 0 aliphatic rings. The summed E-state index contributed by atoms with van der Waals surface area (Å²) in [6.07, 6.45) is 5.81.